The lowest BCUT2D eigenvalue weighted by Crippen LogP contribution is -1.95. The molecule has 4 nitrogen and oxygen atoms in total. The molecule has 0 atom stereocenters. The van der Waals surface area contributed by atoms with Crippen LogP contribution in [-0.4, -0.2) is 4.92 Å². The van der Waals surface area contributed by atoms with Gasteiger partial charge in [-0.2, -0.15) is 0 Å². The molecular weight excluding hydrogens is 213 g/mol. The number of hydrogen-bond acceptors (Lipinski definition) is 3. The van der Waals surface area contributed by atoms with Crippen LogP contribution in [0.15, 0.2) is 34.9 Å². The highest BCUT2D eigenvalue weighted by Crippen LogP contribution is 2.31. The van der Waals surface area contributed by atoms with Gasteiger partial charge in [-0.1, -0.05) is 0 Å². The van der Waals surface area contributed by atoms with E-state index in [1.807, 2.05) is 0 Å². The van der Waals surface area contributed by atoms with Crippen molar-refractivity contribution in [3.8, 4) is 11.3 Å². The van der Waals surface area contributed by atoms with Crippen molar-refractivity contribution in [1.29, 1.82) is 0 Å². The molecule has 2 rings (SSSR count). The van der Waals surface area contributed by atoms with E-state index in [2.05, 4.69) is 0 Å². The maximum absolute atomic E-state index is 13.2. The third-order valence-corrected chi connectivity index (χ3v) is 2.33. The summed E-state index contributed by atoms with van der Waals surface area (Å²) < 4.78 is 18.3. The van der Waals surface area contributed by atoms with Gasteiger partial charge >= 0.3 is 0 Å². The predicted molar refractivity (Wildman–Crippen MR) is 55.5 cm³/mol. The summed E-state index contributed by atoms with van der Waals surface area (Å²) in [6.07, 6.45) is 1.44. The largest absolute Gasteiger partial charge is 0.464 e. The summed E-state index contributed by atoms with van der Waals surface area (Å²) in [6, 6.07) is 5.40. The van der Waals surface area contributed by atoms with Gasteiger partial charge in [0.1, 0.15) is 11.6 Å². The Bertz CT molecular complexity index is 534. The lowest BCUT2D eigenvalue weighted by Gasteiger charge is -2.03. The number of furan rings is 1. The molecule has 0 aliphatic heterocycles. The summed E-state index contributed by atoms with van der Waals surface area (Å²) in [5, 5.41) is 10.7. The molecule has 0 saturated carbocycles. The first-order chi connectivity index (χ1) is 7.59. The molecule has 0 aliphatic rings. The average molecular weight is 221 g/mol. The van der Waals surface area contributed by atoms with Gasteiger partial charge in [0, 0.05) is 11.1 Å². The number of nitro groups is 1. The molecule has 0 aliphatic carbocycles. The molecule has 0 unspecified atom stereocenters. The average Bonchev–Trinajstić information content (AvgIpc) is 2.73. The molecule has 2 aromatic rings. The minimum atomic E-state index is -0.649. The van der Waals surface area contributed by atoms with Gasteiger partial charge in [0.2, 0.25) is 0 Å². The van der Waals surface area contributed by atoms with E-state index in [1.165, 1.54) is 12.3 Å². The molecule has 0 radical (unpaired) electrons. The number of hydrogen-bond donors (Lipinski definition) is 0. The van der Waals surface area contributed by atoms with Crippen LogP contribution in [0.3, 0.4) is 0 Å². The van der Waals surface area contributed by atoms with Gasteiger partial charge in [0.05, 0.1) is 17.3 Å². The van der Waals surface area contributed by atoms with E-state index in [0.717, 1.165) is 6.07 Å². The molecule has 1 aromatic carbocycles. The van der Waals surface area contributed by atoms with Crippen LogP contribution in [0.25, 0.3) is 11.3 Å². The van der Waals surface area contributed by atoms with Crippen LogP contribution in [0.5, 0.6) is 0 Å². The van der Waals surface area contributed by atoms with Gasteiger partial charge in [0.25, 0.3) is 5.69 Å². The Hall–Kier alpha value is -2.17. The normalized spacial score (nSPS) is 10.4. The molecule has 0 amide bonds. The summed E-state index contributed by atoms with van der Waals surface area (Å²) in [7, 11) is 0. The second kappa shape index (κ2) is 3.77. The first-order valence-corrected chi connectivity index (χ1v) is 4.58. The van der Waals surface area contributed by atoms with Crippen molar-refractivity contribution < 1.29 is 13.7 Å². The zero-order chi connectivity index (χ0) is 11.7. The Balaban J connectivity index is 2.67. The third kappa shape index (κ3) is 1.67. The zero-order valence-electron chi connectivity index (χ0n) is 8.44. The topological polar surface area (TPSA) is 56.3 Å². The second-order valence-electron chi connectivity index (χ2n) is 3.33. The summed E-state index contributed by atoms with van der Waals surface area (Å²) in [4.78, 5) is 10.1. The molecular formula is C11H8FNO3. The van der Waals surface area contributed by atoms with Gasteiger partial charge in [-0.25, -0.2) is 4.39 Å². The van der Waals surface area contributed by atoms with Crippen molar-refractivity contribution in [3.05, 3.63) is 52.0 Å². The number of rotatable bonds is 2. The van der Waals surface area contributed by atoms with E-state index in [-0.39, 0.29) is 5.69 Å². The van der Waals surface area contributed by atoms with Crippen molar-refractivity contribution in [2.24, 2.45) is 0 Å². The van der Waals surface area contributed by atoms with Crippen LogP contribution >= 0.6 is 0 Å². The molecule has 82 valence electrons. The highest BCUT2D eigenvalue weighted by atomic mass is 19.1. The minimum Gasteiger partial charge on any atom is -0.464 e. The van der Waals surface area contributed by atoms with Crippen molar-refractivity contribution >= 4 is 5.69 Å². The van der Waals surface area contributed by atoms with Crippen LogP contribution in [0.2, 0.25) is 0 Å². The zero-order valence-corrected chi connectivity index (χ0v) is 8.44. The Morgan fingerprint density at radius 2 is 2.19 bits per heavy atom. The first-order valence-electron chi connectivity index (χ1n) is 4.58. The van der Waals surface area contributed by atoms with Crippen molar-refractivity contribution in [2.45, 2.75) is 6.92 Å². The Morgan fingerprint density at radius 1 is 1.44 bits per heavy atom. The highest BCUT2D eigenvalue weighted by molar-refractivity contribution is 5.67. The highest BCUT2D eigenvalue weighted by Gasteiger charge is 2.18. The smallest absolute Gasteiger partial charge is 0.275 e. The summed E-state index contributed by atoms with van der Waals surface area (Å²) in [5.41, 5.74) is 0.546. The number of halogens is 1. The summed E-state index contributed by atoms with van der Waals surface area (Å²) in [5.74, 6) is -0.233. The maximum atomic E-state index is 13.2. The predicted octanol–water partition coefficient (Wildman–Crippen LogP) is 3.30. The van der Waals surface area contributed by atoms with E-state index in [1.54, 1.807) is 19.1 Å². The number of benzene rings is 1. The monoisotopic (exact) mass is 221 g/mol. The standard InChI is InChI=1S/C11H8FNO3/c1-7-9(11-3-2-4-16-11)5-8(12)6-10(7)13(14)15/h2-6H,1H3. The molecule has 5 heteroatoms. The van der Waals surface area contributed by atoms with Gasteiger partial charge in [-0.15, -0.1) is 0 Å². The summed E-state index contributed by atoms with van der Waals surface area (Å²) in [6.45, 7) is 1.56. The fraction of sp³-hybridized carbons (Fsp3) is 0.0909. The van der Waals surface area contributed by atoms with Gasteiger partial charge in [-0.3, -0.25) is 10.1 Å². The maximum Gasteiger partial charge on any atom is 0.275 e. The van der Waals surface area contributed by atoms with Crippen LogP contribution in [0, 0.1) is 22.9 Å². The molecule has 1 heterocycles. The molecule has 16 heavy (non-hydrogen) atoms. The fourth-order valence-electron chi connectivity index (χ4n) is 1.54. The van der Waals surface area contributed by atoms with Gasteiger partial charge in [-0.05, 0) is 25.1 Å². The van der Waals surface area contributed by atoms with Crippen molar-refractivity contribution in [3.63, 3.8) is 0 Å². The van der Waals surface area contributed by atoms with Crippen LogP contribution in [0.4, 0.5) is 10.1 Å². The molecule has 0 N–H and O–H groups in total. The van der Waals surface area contributed by atoms with Crippen LogP contribution in [-0.2, 0) is 0 Å². The molecule has 0 saturated heterocycles. The van der Waals surface area contributed by atoms with Gasteiger partial charge < -0.3 is 4.42 Å². The van der Waals surface area contributed by atoms with E-state index < -0.39 is 10.7 Å². The van der Waals surface area contributed by atoms with E-state index in [9.17, 15) is 14.5 Å². The molecule has 0 bridgehead atoms. The Labute approximate surface area is 90.5 Å². The lowest BCUT2D eigenvalue weighted by molar-refractivity contribution is -0.385. The first kappa shape index (κ1) is 10.4. The molecule has 1 aromatic heterocycles. The molecule has 0 fully saturated rings. The van der Waals surface area contributed by atoms with Crippen molar-refractivity contribution in [2.75, 3.05) is 0 Å². The lowest BCUT2D eigenvalue weighted by atomic mass is 10.0. The van der Waals surface area contributed by atoms with E-state index in [4.69, 9.17) is 4.42 Å². The fourth-order valence-corrected chi connectivity index (χ4v) is 1.54. The van der Waals surface area contributed by atoms with E-state index >= 15 is 0 Å². The quantitative estimate of drug-likeness (QED) is 0.577. The van der Waals surface area contributed by atoms with Gasteiger partial charge in [0.15, 0.2) is 0 Å². The van der Waals surface area contributed by atoms with Crippen molar-refractivity contribution in [1.82, 2.24) is 0 Å². The van der Waals surface area contributed by atoms with Crippen LogP contribution < -0.4 is 0 Å². The SMILES string of the molecule is Cc1c(-c2ccco2)cc(F)cc1[N+](=O)[O-]. The molecule has 0 spiro atoms. The third-order valence-electron chi connectivity index (χ3n) is 2.33. The van der Waals surface area contributed by atoms with Crippen LogP contribution in [0.1, 0.15) is 5.56 Å². The Morgan fingerprint density at radius 3 is 2.75 bits per heavy atom. The number of nitro benzene ring substituents is 1. The number of nitrogens with zero attached hydrogens (tertiary/aromatic N) is 1. The second-order valence-corrected chi connectivity index (χ2v) is 3.33. The minimum absolute atomic E-state index is 0.244. The summed E-state index contributed by atoms with van der Waals surface area (Å²) >= 11 is 0. The van der Waals surface area contributed by atoms with E-state index in [0.29, 0.717) is 16.9 Å². The Kier molecular flexibility index (Phi) is 2.44.